The van der Waals surface area contributed by atoms with Crippen molar-refractivity contribution in [3.63, 3.8) is 0 Å². The largest absolute Gasteiger partial charge is 0.337 e. The van der Waals surface area contributed by atoms with E-state index in [1.165, 1.54) is 0 Å². The van der Waals surface area contributed by atoms with Crippen LogP contribution in [0, 0.1) is 0 Å². The van der Waals surface area contributed by atoms with Crippen LogP contribution in [0.3, 0.4) is 0 Å². The van der Waals surface area contributed by atoms with E-state index in [0.717, 1.165) is 13.0 Å². The van der Waals surface area contributed by atoms with Crippen molar-refractivity contribution in [2.75, 3.05) is 0 Å². The first-order valence-corrected chi connectivity index (χ1v) is 4.30. The Hall–Kier alpha value is -0.310. The van der Waals surface area contributed by atoms with Crippen molar-refractivity contribution in [2.45, 2.75) is 24.7 Å². The van der Waals surface area contributed by atoms with Crippen LogP contribution in [-0.2, 0) is 6.54 Å². The van der Waals surface area contributed by atoms with Crippen LogP contribution < -0.4 is 0 Å². The molecule has 10 heavy (non-hydrogen) atoms. The van der Waals surface area contributed by atoms with Gasteiger partial charge in [0.25, 0.3) is 0 Å². The fraction of sp³-hybridized carbons (Fsp3) is 0.571. The molecule has 1 aromatic rings. The van der Waals surface area contributed by atoms with E-state index >= 15 is 0 Å². The Morgan fingerprint density at radius 1 is 1.70 bits per heavy atom. The predicted molar refractivity (Wildman–Crippen MR) is 45.2 cm³/mol. The first kappa shape index (κ1) is 7.79. The lowest BCUT2D eigenvalue weighted by molar-refractivity contribution is 0.644. The van der Waals surface area contributed by atoms with Gasteiger partial charge in [-0.2, -0.15) is 0 Å². The highest BCUT2D eigenvalue weighted by Crippen LogP contribution is 2.04. The third-order valence-corrected chi connectivity index (χ3v) is 1.80. The Morgan fingerprint density at radius 3 is 3.00 bits per heavy atom. The zero-order chi connectivity index (χ0) is 7.40. The smallest absolute Gasteiger partial charge is 0.0945 e. The maximum absolute atomic E-state index is 3.95. The van der Waals surface area contributed by atoms with Crippen molar-refractivity contribution in [3.8, 4) is 0 Å². The van der Waals surface area contributed by atoms with Crippen LogP contribution in [0.2, 0.25) is 0 Å². The first-order valence-electron chi connectivity index (χ1n) is 3.39. The topological polar surface area (TPSA) is 17.8 Å². The molecule has 56 valence electrons. The average Bonchev–Trinajstić information content (AvgIpc) is 2.34. The van der Waals surface area contributed by atoms with Crippen molar-refractivity contribution >= 4 is 15.9 Å². The fourth-order valence-electron chi connectivity index (χ4n) is 0.746. The van der Waals surface area contributed by atoms with Gasteiger partial charge in [0, 0.05) is 23.8 Å². The lowest BCUT2D eigenvalue weighted by Crippen LogP contribution is -1.99. The summed E-state index contributed by atoms with van der Waals surface area (Å²) in [6.07, 6.45) is 6.78. The SMILES string of the molecule is CC(Br)CCn1ccnc1. The minimum Gasteiger partial charge on any atom is -0.337 e. The number of halogens is 1. The monoisotopic (exact) mass is 202 g/mol. The van der Waals surface area contributed by atoms with Crippen LogP contribution >= 0.6 is 15.9 Å². The fourth-order valence-corrected chi connectivity index (χ4v) is 0.951. The summed E-state index contributed by atoms with van der Waals surface area (Å²) in [5, 5.41) is 0. The molecule has 1 rings (SSSR count). The molecule has 0 aliphatic carbocycles. The van der Waals surface area contributed by atoms with Crippen molar-refractivity contribution in [3.05, 3.63) is 18.7 Å². The zero-order valence-corrected chi connectivity index (χ0v) is 7.58. The van der Waals surface area contributed by atoms with Crippen LogP contribution in [0.25, 0.3) is 0 Å². The van der Waals surface area contributed by atoms with Gasteiger partial charge in [-0.25, -0.2) is 4.98 Å². The Labute approximate surface area is 69.4 Å². The molecule has 0 bridgehead atoms. The molecule has 2 nitrogen and oxygen atoms in total. The molecule has 1 atom stereocenters. The summed E-state index contributed by atoms with van der Waals surface area (Å²) in [7, 11) is 0. The maximum Gasteiger partial charge on any atom is 0.0945 e. The number of nitrogens with zero attached hydrogens (tertiary/aromatic N) is 2. The molecular formula is C7H11BrN2. The van der Waals surface area contributed by atoms with E-state index in [9.17, 15) is 0 Å². The average molecular weight is 203 g/mol. The number of aryl methyl sites for hydroxylation is 1. The summed E-state index contributed by atoms with van der Waals surface area (Å²) in [5.41, 5.74) is 0. The van der Waals surface area contributed by atoms with Crippen molar-refractivity contribution in [1.82, 2.24) is 9.55 Å². The molecule has 0 radical (unpaired) electrons. The second-order valence-electron chi connectivity index (χ2n) is 2.37. The normalized spacial score (nSPS) is 13.4. The summed E-state index contributed by atoms with van der Waals surface area (Å²) >= 11 is 3.49. The number of imidazole rings is 1. The quantitative estimate of drug-likeness (QED) is 0.687. The van der Waals surface area contributed by atoms with Gasteiger partial charge in [0.2, 0.25) is 0 Å². The number of hydrogen-bond donors (Lipinski definition) is 0. The van der Waals surface area contributed by atoms with Gasteiger partial charge in [0.05, 0.1) is 6.33 Å². The summed E-state index contributed by atoms with van der Waals surface area (Å²) < 4.78 is 2.08. The van der Waals surface area contributed by atoms with Gasteiger partial charge >= 0.3 is 0 Å². The number of rotatable bonds is 3. The van der Waals surface area contributed by atoms with E-state index in [2.05, 4.69) is 32.4 Å². The summed E-state index contributed by atoms with van der Waals surface area (Å²) in [6.45, 7) is 3.20. The van der Waals surface area contributed by atoms with Crippen molar-refractivity contribution in [2.24, 2.45) is 0 Å². The Bertz CT molecular complexity index is 170. The third-order valence-electron chi connectivity index (χ3n) is 1.34. The molecule has 1 aromatic heterocycles. The number of hydrogen-bond acceptors (Lipinski definition) is 1. The van der Waals surface area contributed by atoms with E-state index in [1.807, 2.05) is 12.5 Å². The van der Waals surface area contributed by atoms with E-state index in [1.54, 1.807) is 6.20 Å². The molecular weight excluding hydrogens is 192 g/mol. The second-order valence-corrected chi connectivity index (χ2v) is 3.93. The van der Waals surface area contributed by atoms with Crippen LogP contribution in [0.15, 0.2) is 18.7 Å². The summed E-state index contributed by atoms with van der Waals surface area (Å²) in [5.74, 6) is 0. The van der Waals surface area contributed by atoms with Crippen molar-refractivity contribution < 1.29 is 0 Å². The van der Waals surface area contributed by atoms with Crippen LogP contribution in [0.4, 0.5) is 0 Å². The van der Waals surface area contributed by atoms with E-state index in [0.29, 0.717) is 4.83 Å². The predicted octanol–water partition coefficient (Wildman–Crippen LogP) is 2.06. The molecule has 3 heteroatoms. The molecule has 1 heterocycles. The van der Waals surface area contributed by atoms with Crippen LogP contribution in [0.5, 0.6) is 0 Å². The summed E-state index contributed by atoms with van der Waals surface area (Å²) in [6, 6.07) is 0. The first-order chi connectivity index (χ1) is 4.79. The van der Waals surface area contributed by atoms with Gasteiger partial charge in [-0.15, -0.1) is 0 Å². The lowest BCUT2D eigenvalue weighted by Gasteiger charge is -2.02. The Balaban J connectivity index is 2.28. The minimum absolute atomic E-state index is 0.593. The van der Waals surface area contributed by atoms with E-state index in [-0.39, 0.29) is 0 Å². The highest BCUT2D eigenvalue weighted by atomic mass is 79.9. The second kappa shape index (κ2) is 3.76. The van der Waals surface area contributed by atoms with E-state index in [4.69, 9.17) is 0 Å². The zero-order valence-electron chi connectivity index (χ0n) is 6.00. The molecule has 0 spiro atoms. The highest BCUT2D eigenvalue weighted by molar-refractivity contribution is 9.09. The molecule has 0 saturated heterocycles. The molecule has 1 unspecified atom stereocenters. The van der Waals surface area contributed by atoms with Crippen molar-refractivity contribution in [1.29, 1.82) is 0 Å². The van der Waals surface area contributed by atoms with Gasteiger partial charge in [0.15, 0.2) is 0 Å². The molecule has 0 amide bonds. The van der Waals surface area contributed by atoms with Gasteiger partial charge in [-0.3, -0.25) is 0 Å². The molecule has 0 saturated carbocycles. The van der Waals surface area contributed by atoms with Gasteiger partial charge in [0.1, 0.15) is 0 Å². The van der Waals surface area contributed by atoms with Gasteiger partial charge in [-0.1, -0.05) is 22.9 Å². The van der Waals surface area contributed by atoms with Crippen LogP contribution in [-0.4, -0.2) is 14.4 Å². The Morgan fingerprint density at radius 2 is 2.50 bits per heavy atom. The van der Waals surface area contributed by atoms with Crippen LogP contribution in [0.1, 0.15) is 13.3 Å². The highest BCUT2D eigenvalue weighted by Gasteiger charge is 1.94. The molecule has 0 fully saturated rings. The minimum atomic E-state index is 0.593. The molecule has 0 aliphatic rings. The molecule has 0 aliphatic heterocycles. The Kier molecular flexibility index (Phi) is 2.93. The maximum atomic E-state index is 3.95. The summed E-state index contributed by atoms with van der Waals surface area (Å²) in [4.78, 5) is 4.54. The molecule has 0 aromatic carbocycles. The van der Waals surface area contributed by atoms with Gasteiger partial charge < -0.3 is 4.57 Å². The number of aromatic nitrogens is 2. The third kappa shape index (κ3) is 2.52. The van der Waals surface area contributed by atoms with Gasteiger partial charge in [-0.05, 0) is 6.42 Å². The van der Waals surface area contributed by atoms with E-state index < -0.39 is 0 Å². The number of alkyl halides is 1. The lowest BCUT2D eigenvalue weighted by atomic mass is 10.3. The molecule has 0 N–H and O–H groups in total. The standard InChI is InChI=1S/C7H11BrN2/c1-7(8)2-4-10-5-3-9-6-10/h3,5-7H,2,4H2,1H3.